The van der Waals surface area contributed by atoms with E-state index in [0.717, 1.165) is 21.3 Å². The normalized spacial score (nSPS) is 10.5. The van der Waals surface area contributed by atoms with E-state index < -0.39 is 0 Å². The highest BCUT2D eigenvalue weighted by atomic mass is 79.9. The maximum atomic E-state index is 11.7. The molecule has 0 saturated carbocycles. The van der Waals surface area contributed by atoms with Crippen LogP contribution in [-0.4, -0.2) is 6.03 Å². The van der Waals surface area contributed by atoms with Crippen molar-refractivity contribution in [3.05, 3.63) is 70.3 Å². The molecule has 0 bridgehead atoms. The number of carbonyl (C=O) groups excluding carboxylic acids is 1. The Morgan fingerprint density at radius 1 is 1.10 bits per heavy atom. The SMILES string of the molecule is Cc1ccc(NC(=O)N/C=C/c2ccccc2Br)cc1. The van der Waals surface area contributed by atoms with Crippen molar-refractivity contribution < 1.29 is 4.79 Å². The number of amides is 2. The molecular weight excluding hydrogens is 316 g/mol. The van der Waals surface area contributed by atoms with Gasteiger partial charge >= 0.3 is 6.03 Å². The molecule has 2 rings (SSSR count). The van der Waals surface area contributed by atoms with Crippen molar-refractivity contribution >= 4 is 33.7 Å². The molecule has 0 aliphatic rings. The molecule has 2 amide bonds. The van der Waals surface area contributed by atoms with Gasteiger partial charge in [-0.2, -0.15) is 0 Å². The van der Waals surface area contributed by atoms with E-state index in [1.54, 1.807) is 6.20 Å². The average molecular weight is 331 g/mol. The van der Waals surface area contributed by atoms with Gasteiger partial charge in [-0.3, -0.25) is 0 Å². The first-order chi connectivity index (χ1) is 9.65. The predicted octanol–water partition coefficient (Wildman–Crippen LogP) is 4.55. The van der Waals surface area contributed by atoms with Crippen LogP contribution in [0.15, 0.2) is 59.2 Å². The summed E-state index contributed by atoms with van der Waals surface area (Å²) in [6.07, 6.45) is 3.45. The van der Waals surface area contributed by atoms with E-state index in [0.29, 0.717) is 0 Å². The van der Waals surface area contributed by atoms with E-state index in [-0.39, 0.29) is 6.03 Å². The van der Waals surface area contributed by atoms with E-state index in [1.807, 2.05) is 61.5 Å². The molecular formula is C16H15BrN2O. The van der Waals surface area contributed by atoms with Crippen molar-refractivity contribution in [3.63, 3.8) is 0 Å². The zero-order valence-electron chi connectivity index (χ0n) is 11.1. The van der Waals surface area contributed by atoms with Crippen LogP contribution < -0.4 is 10.6 Å². The van der Waals surface area contributed by atoms with Crippen LogP contribution in [0.25, 0.3) is 6.08 Å². The Kier molecular flexibility index (Phi) is 4.96. The van der Waals surface area contributed by atoms with E-state index in [4.69, 9.17) is 0 Å². The predicted molar refractivity (Wildman–Crippen MR) is 86.5 cm³/mol. The van der Waals surface area contributed by atoms with Gasteiger partial charge in [-0.1, -0.05) is 51.8 Å². The summed E-state index contributed by atoms with van der Waals surface area (Å²) >= 11 is 3.44. The molecule has 2 aromatic rings. The topological polar surface area (TPSA) is 41.1 Å². The lowest BCUT2D eigenvalue weighted by Crippen LogP contribution is -2.23. The first-order valence-corrected chi connectivity index (χ1v) is 7.00. The minimum absolute atomic E-state index is 0.267. The van der Waals surface area contributed by atoms with Crippen LogP contribution in [0, 0.1) is 6.92 Å². The van der Waals surface area contributed by atoms with Crippen molar-refractivity contribution in [2.75, 3.05) is 5.32 Å². The molecule has 4 heteroatoms. The van der Waals surface area contributed by atoms with Crippen molar-refractivity contribution in [2.45, 2.75) is 6.92 Å². The van der Waals surface area contributed by atoms with E-state index >= 15 is 0 Å². The summed E-state index contributed by atoms with van der Waals surface area (Å²) in [5, 5.41) is 5.43. The highest BCUT2D eigenvalue weighted by molar-refractivity contribution is 9.10. The smallest absolute Gasteiger partial charge is 0.314 e. The van der Waals surface area contributed by atoms with Crippen LogP contribution in [0.1, 0.15) is 11.1 Å². The highest BCUT2D eigenvalue weighted by Crippen LogP contribution is 2.16. The average Bonchev–Trinajstić information content (AvgIpc) is 2.43. The second kappa shape index (κ2) is 6.91. The molecule has 0 heterocycles. The maximum Gasteiger partial charge on any atom is 0.323 e. The Balaban J connectivity index is 1.89. The van der Waals surface area contributed by atoms with Crippen molar-refractivity contribution in [2.24, 2.45) is 0 Å². The second-order valence-electron chi connectivity index (χ2n) is 4.32. The Morgan fingerprint density at radius 3 is 2.50 bits per heavy atom. The van der Waals surface area contributed by atoms with Crippen LogP contribution in [0.3, 0.4) is 0 Å². The van der Waals surface area contributed by atoms with Gasteiger partial charge in [0.1, 0.15) is 0 Å². The number of hydrogen-bond acceptors (Lipinski definition) is 1. The van der Waals surface area contributed by atoms with Crippen LogP contribution in [-0.2, 0) is 0 Å². The van der Waals surface area contributed by atoms with Crippen LogP contribution in [0.5, 0.6) is 0 Å². The molecule has 0 saturated heterocycles. The lowest BCUT2D eigenvalue weighted by Gasteiger charge is -2.04. The standard InChI is InChI=1S/C16H15BrN2O/c1-12-6-8-14(9-7-12)19-16(20)18-11-10-13-4-2-3-5-15(13)17/h2-11H,1H3,(H2,18,19,20)/b11-10+. The number of anilines is 1. The van der Waals surface area contributed by atoms with E-state index in [9.17, 15) is 4.79 Å². The lowest BCUT2D eigenvalue weighted by atomic mass is 10.2. The van der Waals surface area contributed by atoms with Gasteiger partial charge in [0.15, 0.2) is 0 Å². The Morgan fingerprint density at radius 2 is 1.80 bits per heavy atom. The fourth-order valence-corrected chi connectivity index (χ4v) is 2.04. The van der Waals surface area contributed by atoms with Gasteiger partial charge in [0.05, 0.1) is 0 Å². The third-order valence-corrected chi connectivity index (χ3v) is 3.41. The molecule has 102 valence electrons. The fraction of sp³-hybridized carbons (Fsp3) is 0.0625. The molecule has 0 radical (unpaired) electrons. The number of hydrogen-bond donors (Lipinski definition) is 2. The molecule has 0 unspecified atom stereocenters. The maximum absolute atomic E-state index is 11.7. The van der Waals surface area contributed by atoms with Crippen LogP contribution >= 0.6 is 15.9 Å². The molecule has 0 aliphatic carbocycles. The molecule has 0 atom stereocenters. The van der Waals surface area contributed by atoms with Gasteiger partial charge in [-0.05, 0) is 36.8 Å². The molecule has 0 fully saturated rings. The summed E-state index contributed by atoms with van der Waals surface area (Å²) in [6.45, 7) is 2.00. The number of urea groups is 1. The number of aryl methyl sites for hydroxylation is 1. The monoisotopic (exact) mass is 330 g/mol. The summed E-state index contributed by atoms with van der Waals surface area (Å²) < 4.78 is 0.983. The summed E-state index contributed by atoms with van der Waals surface area (Å²) in [5.41, 5.74) is 2.93. The number of nitrogens with one attached hydrogen (secondary N) is 2. The molecule has 3 nitrogen and oxygen atoms in total. The number of halogens is 1. The molecule has 0 aromatic heterocycles. The number of benzene rings is 2. The van der Waals surface area contributed by atoms with Gasteiger partial charge in [-0.15, -0.1) is 0 Å². The second-order valence-corrected chi connectivity index (χ2v) is 5.17. The summed E-state index contributed by atoms with van der Waals surface area (Å²) in [7, 11) is 0. The van der Waals surface area contributed by atoms with Gasteiger partial charge in [0.25, 0.3) is 0 Å². The molecule has 0 spiro atoms. The number of rotatable bonds is 3. The minimum atomic E-state index is -0.267. The van der Waals surface area contributed by atoms with Crippen molar-refractivity contribution in [3.8, 4) is 0 Å². The molecule has 0 aliphatic heterocycles. The summed E-state index contributed by atoms with van der Waals surface area (Å²) in [5.74, 6) is 0. The van der Waals surface area contributed by atoms with Gasteiger partial charge in [-0.25, -0.2) is 4.79 Å². The lowest BCUT2D eigenvalue weighted by molar-refractivity contribution is 0.255. The molecule has 2 N–H and O–H groups in total. The number of carbonyl (C=O) groups is 1. The Labute approximate surface area is 126 Å². The zero-order valence-corrected chi connectivity index (χ0v) is 12.6. The molecule has 2 aromatic carbocycles. The van der Waals surface area contributed by atoms with E-state index in [1.165, 1.54) is 0 Å². The van der Waals surface area contributed by atoms with Crippen molar-refractivity contribution in [1.29, 1.82) is 0 Å². The van der Waals surface area contributed by atoms with Gasteiger partial charge < -0.3 is 10.6 Å². The summed E-state index contributed by atoms with van der Waals surface area (Å²) in [6, 6.07) is 15.2. The van der Waals surface area contributed by atoms with E-state index in [2.05, 4.69) is 26.6 Å². The zero-order chi connectivity index (χ0) is 14.4. The largest absolute Gasteiger partial charge is 0.323 e. The van der Waals surface area contributed by atoms with Gasteiger partial charge in [0.2, 0.25) is 0 Å². The van der Waals surface area contributed by atoms with Gasteiger partial charge in [0, 0.05) is 16.4 Å². The highest BCUT2D eigenvalue weighted by Gasteiger charge is 1.98. The Hall–Kier alpha value is -2.07. The minimum Gasteiger partial charge on any atom is -0.314 e. The quantitative estimate of drug-likeness (QED) is 0.851. The Bertz CT molecular complexity index is 621. The first kappa shape index (κ1) is 14.3. The van der Waals surface area contributed by atoms with Crippen molar-refractivity contribution in [1.82, 2.24) is 5.32 Å². The third-order valence-electron chi connectivity index (χ3n) is 2.69. The summed E-state index contributed by atoms with van der Waals surface area (Å²) in [4.78, 5) is 11.7. The first-order valence-electron chi connectivity index (χ1n) is 6.20. The molecule has 20 heavy (non-hydrogen) atoms. The third kappa shape index (κ3) is 4.24. The fourth-order valence-electron chi connectivity index (χ4n) is 1.62. The van der Waals surface area contributed by atoms with Crippen LogP contribution in [0.2, 0.25) is 0 Å². The van der Waals surface area contributed by atoms with Crippen LogP contribution in [0.4, 0.5) is 10.5 Å².